The first-order valence-corrected chi connectivity index (χ1v) is 6.38. The third-order valence-corrected chi connectivity index (χ3v) is 3.93. The topological polar surface area (TPSA) is 26.0 Å². The molecule has 2 heterocycles. The van der Waals surface area contributed by atoms with E-state index in [0.717, 1.165) is 20.9 Å². The Bertz CT molecular complexity index is 460. The van der Waals surface area contributed by atoms with Crippen LogP contribution in [0.25, 0.3) is 0 Å². The van der Waals surface area contributed by atoms with Crippen molar-refractivity contribution in [3.63, 3.8) is 0 Å². The van der Waals surface area contributed by atoms with Crippen molar-refractivity contribution in [2.24, 2.45) is 0 Å². The molecule has 0 bridgehead atoms. The van der Waals surface area contributed by atoms with Gasteiger partial charge in [0, 0.05) is 21.8 Å². The van der Waals surface area contributed by atoms with Gasteiger partial charge in [-0.05, 0) is 45.7 Å². The maximum Gasteiger partial charge on any atom is 0.193 e. The minimum Gasteiger partial charge on any atom is -0.449 e. The maximum absolute atomic E-state index is 5.68. The molecule has 0 aromatic carbocycles. The summed E-state index contributed by atoms with van der Waals surface area (Å²) in [5.74, 6) is 1.63. The Hall–Kier alpha value is -0.450. The molecule has 0 saturated carbocycles. The zero-order valence-electron chi connectivity index (χ0n) is 7.61. The summed E-state index contributed by atoms with van der Waals surface area (Å²) in [6, 6.07) is 5.59. The number of aromatic nitrogens is 1. The van der Waals surface area contributed by atoms with Crippen molar-refractivity contribution in [2.75, 3.05) is 0 Å². The molecule has 15 heavy (non-hydrogen) atoms. The van der Waals surface area contributed by atoms with Gasteiger partial charge in [-0.1, -0.05) is 0 Å². The second-order valence-corrected chi connectivity index (χ2v) is 5.04. The average molecular weight is 305 g/mol. The van der Waals surface area contributed by atoms with E-state index in [0.29, 0.717) is 5.22 Å². The molecule has 0 fully saturated rings. The van der Waals surface area contributed by atoms with Crippen molar-refractivity contribution >= 4 is 39.3 Å². The van der Waals surface area contributed by atoms with Crippen LogP contribution in [-0.4, -0.2) is 4.98 Å². The molecule has 78 valence electrons. The quantitative estimate of drug-likeness (QED) is 0.787. The normalized spacial score (nSPS) is 10.5. The number of halogens is 2. The van der Waals surface area contributed by atoms with Gasteiger partial charge >= 0.3 is 0 Å². The fourth-order valence-electron chi connectivity index (χ4n) is 1.06. The van der Waals surface area contributed by atoms with Gasteiger partial charge < -0.3 is 4.42 Å². The molecule has 0 aliphatic rings. The lowest BCUT2D eigenvalue weighted by molar-refractivity contribution is 0.532. The number of nitrogens with zero attached hydrogens (tertiary/aromatic N) is 1. The van der Waals surface area contributed by atoms with E-state index in [4.69, 9.17) is 16.0 Å². The molecule has 0 aliphatic heterocycles. The minimum atomic E-state index is 0.430. The number of furan rings is 1. The summed E-state index contributed by atoms with van der Waals surface area (Å²) in [5.41, 5.74) is 0. The Morgan fingerprint density at radius 3 is 2.93 bits per heavy atom. The first-order chi connectivity index (χ1) is 7.25. The van der Waals surface area contributed by atoms with Gasteiger partial charge in [0.1, 0.15) is 5.76 Å². The van der Waals surface area contributed by atoms with E-state index in [1.54, 1.807) is 30.2 Å². The fraction of sp³-hybridized carbons (Fsp3) is 0.100. The summed E-state index contributed by atoms with van der Waals surface area (Å²) in [5, 5.41) is 0.430. The number of hydrogen-bond donors (Lipinski definition) is 0. The first kappa shape index (κ1) is 11.0. The van der Waals surface area contributed by atoms with Crippen LogP contribution >= 0.6 is 39.3 Å². The Kier molecular flexibility index (Phi) is 3.72. The molecule has 2 rings (SSSR count). The molecule has 0 radical (unpaired) electrons. The lowest BCUT2D eigenvalue weighted by Gasteiger charge is -2.00. The van der Waals surface area contributed by atoms with Crippen LogP contribution in [0.5, 0.6) is 0 Å². The molecule has 0 aliphatic carbocycles. The molecule has 0 N–H and O–H groups in total. The molecule has 0 atom stereocenters. The molecule has 0 saturated heterocycles. The van der Waals surface area contributed by atoms with Crippen molar-refractivity contribution < 1.29 is 4.42 Å². The summed E-state index contributed by atoms with van der Waals surface area (Å²) in [6.07, 6.45) is 3.54. The predicted octanol–water partition coefficient (Wildman–Crippen LogP) is 4.38. The number of thioether (sulfide) groups is 1. The molecular weight excluding hydrogens is 298 g/mol. The van der Waals surface area contributed by atoms with Crippen LogP contribution in [0.2, 0.25) is 5.22 Å². The van der Waals surface area contributed by atoms with Crippen molar-refractivity contribution in [2.45, 2.75) is 10.6 Å². The second-order valence-electron chi connectivity index (χ2n) is 2.80. The zero-order valence-corrected chi connectivity index (χ0v) is 10.8. The van der Waals surface area contributed by atoms with Crippen molar-refractivity contribution in [1.29, 1.82) is 0 Å². The lowest BCUT2D eigenvalue weighted by Crippen LogP contribution is -1.79. The molecule has 5 heteroatoms. The summed E-state index contributed by atoms with van der Waals surface area (Å²) in [7, 11) is 0. The third kappa shape index (κ3) is 3.00. The van der Waals surface area contributed by atoms with Gasteiger partial charge in [-0.3, -0.25) is 4.98 Å². The fourth-order valence-corrected chi connectivity index (χ4v) is 2.61. The number of pyridine rings is 1. The Morgan fingerprint density at radius 1 is 1.40 bits per heavy atom. The maximum atomic E-state index is 5.68. The van der Waals surface area contributed by atoms with Crippen LogP contribution in [0.4, 0.5) is 0 Å². The van der Waals surface area contributed by atoms with E-state index in [2.05, 4.69) is 20.9 Å². The standard InChI is InChI=1S/C10H7BrClNOS/c11-8-5-13-4-3-9(8)15-6-7-1-2-10(12)14-7/h1-5H,6H2. The second kappa shape index (κ2) is 5.05. The van der Waals surface area contributed by atoms with Crippen molar-refractivity contribution in [3.05, 3.63) is 46.0 Å². The SMILES string of the molecule is Clc1ccc(CSc2ccncc2Br)o1. The molecule has 0 spiro atoms. The average Bonchev–Trinajstić information content (AvgIpc) is 2.63. The van der Waals surface area contributed by atoms with E-state index >= 15 is 0 Å². The highest BCUT2D eigenvalue weighted by Crippen LogP contribution is 2.29. The third-order valence-electron chi connectivity index (χ3n) is 1.73. The van der Waals surface area contributed by atoms with E-state index in [9.17, 15) is 0 Å². The van der Waals surface area contributed by atoms with Gasteiger partial charge in [-0.25, -0.2) is 0 Å². The molecular formula is C10H7BrClNOS. The van der Waals surface area contributed by atoms with Gasteiger partial charge in [0.05, 0.1) is 5.75 Å². The molecule has 2 aromatic heterocycles. The van der Waals surface area contributed by atoms with Crippen molar-refractivity contribution in [1.82, 2.24) is 4.98 Å². The van der Waals surface area contributed by atoms with E-state index < -0.39 is 0 Å². The largest absolute Gasteiger partial charge is 0.449 e. The summed E-state index contributed by atoms with van der Waals surface area (Å²) in [6.45, 7) is 0. The van der Waals surface area contributed by atoms with E-state index in [1.807, 2.05) is 12.1 Å². The van der Waals surface area contributed by atoms with Crippen LogP contribution in [0.1, 0.15) is 5.76 Å². The zero-order chi connectivity index (χ0) is 10.7. The van der Waals surface area contributed by atoms with Crippen LogP contribution in [0, 0.1) is 0 Å². The van der Waals surface area contributed by atoms with Gasteiger partial charge in [-0.2, -0.15) is 0 Å². The van der Waals surface area contributed by atoms with Crippen LogP contribution in [0.15, 0.2) is 44.4 Å². The van der Waals surface area contributed by atoms with Crippen molar-refractivity contribution in [3.8, 4) is 0 Å². The van der Waals surface area contributed by atoms with Gasteiger partial charge in [0.25, 0.3) is 0 Å². The van der Waals surface area contributed by atoms with Gasteiger partial charge in [-0.15, -0.1) is 11.8 Å². The highest BCUT2D eigenvalue weighted by Gasteiger charge is 2.03. The van der Waals surface area contributed by atoms with Gasteiger partial charge in [0.2, 0.25) is 0 Å². The smallest absolute Gasteiger partial charge is 0.193 e. The van der Waals surface area contributed by atoms with Gasteiger partial charge in [0.15, 0.2) is 5.22 Å². The number of rotatable bonds is 3. The summed E-state index contributed by atoms with van der Waals surface area (Å²) >= 11 is 10.8. The van der Waals surface area contributed by atoms with E-state index in [-0.39, 0.29) is 0 Å². The van der Waals surface area contributed by atoms with Crippen LogP contribution in [-0.2, 0) is 5.75 Å². The van der Waals surface area contributed by atoms with Crippen LogP contribution in [0.3, 0.4) is 0 Å². The highest BCUT2D eigenvalue weighted by molar-refractivity contribution is 9.10. The summed E-state index contributed by atoms with van der Waals surface area (Å²) < 4.78 is 6.25. The summed E-state index contributed by atoms with van der Waals surface area (Å²) in [4.78, 5) is 5.14. The monoisotopic (exact) mass is 303 g/mol. The molecule has 2 nitrogen and oxygen atoms in total. The highest BCUT2D eigenvalue weighted by atomic mass is 79.9. The molecule has 0 unspecified atom stereocenters. The Morgan fingerprint density at radius 2 is 2.27 bits per heavy atom. The number of hydrogen-bond acceptors (Lipinski definition) is 3. The van der Waals surface area contributed by atoms with E-state index in [1.165, 1.54) is 0 Å². The predicted molar refractivity (Wildman–Crippen MR) is 65.2 cm³/mol. The first-order valence-electron chi connectivity index (χ1n) is 4.22. The molecule has 2 aromatic rings. The Labute approximate surface area is 105 Å². The minimum absolute atomic E-state index is 0.430. The lowest BCUT2D eigenvalue weighted by atomic mass is 10.5. The molecule has 0 amide bonds. The van der Waals surface area contributed by atoms with Crippen LogP contribution < -0.4 is 0 Å². The Balaban J connectivity index is 2.02.